The zero-order valence-electron chi connectivity index (χ0n) is 19.2. The first-order valence-electron chi connectivity index (χ1n) is 11.6. The molecule has 4 aromatic rings. The molecule has 34 heavy (non-hydrogen) atoms. The van der Waals surface area contributed by atoms with Crippen molar-refractivity contribution in [1.29, 1.82) is 0 Å². The third-order valence-corrected chi connectivity index (χ3v) is 6.88. The Bertz CT molecular complexity index is 1380. The molecule has 0 aliphatic carbocycles. The smallest absolute Gasteiger partial charge is 0.297 e. The van der Waals surface area contributed by atoms with Crippen LogP contribution in [-0.4, -0.2) is 17.5 Å². The molecule has 1 aliphatic rings. The normalized spacial score (nSPS) is 15.2. The van der Waals surface area contributed by atoms with E-state index in [4.69, 9.17) is 9.15 Å². The SMILES string of the molecule is CCCCCCOc1ccc(C2c3c(oc4ccc(C)cc4c3=O)C(=O)N2c2nccs2)cc1. The van der Waals surface area contributed by atoms with Crippen LogP contribution < -0.4 is 15.1 Å². The fourth-order valence-electron chi connectivity index (χ4n) is 4.40. The number of hydrogen-bond donors (Lipinski definition) is 0. The molecule has 0 saturated carbocycles. The fourth-order valence-corrected chi connectivity index (χ4v) is 5.07. The third kappa shape index (κ3) is 4.01. The van der Waals surface area contributed by atoms with Gasteiger partial charge in [0.25, 0.3) is 5.91 Å². The highest BCUT2D eigenvalue weighted by Gasteiger charge is 2.44. The molecule has 2 aromatic carbocycles. The van der Waals surface area contributed by atoms with E-state index in [2.05, 4.69) is 11.9 Å². The van der Waals surface area contributed by atoms with Crippen LogP contribution in [0.15, 0.2) is 63.3 Å². The predicted molar refractivity (Wildman–Crippen MR) is 134 cm³/mol. The molecule has 0 spiro atoms. The van der Waals surface area contributed by atoms with Gasteiger partial charge in [0.1, 0.15) is 11.3 Å². The standard InChI is InChI=1S/C27H26N2O4S/c1-3-4-5-6-14-32-19-10-8-18(9-11-19)23-22-24(30)20-16-17(2)7-12-21(20)33-25(22)26(31)29(23)27-28-13-15-34-27/h7-13,15-16,23H,3-6,14H2,1-2H3. The summed E-state index contributed by atoms with van der Waals surface area (Å²) in [6.45, 7) is 4.78. The number of carbonyl (C=O) groups excluding carboxylic acids is 1. The first-order valence-corrected chi connectivity index (χ1v) is 12.5. The van der Waals surface area contributed by atoms with E-state index in [1.165, 1.54) is 24.2 Å². The average Bonchev–Trinajstić information content (AvgIpc) is 3.47. The van der Waals surface area contributed by atoms with Gasteiger partial charge in [-0.2, -0.15) is 0 Å². The molecule has 0 radical (unpaired) electrons. The molecule has 6 nitrogen and oxygen atoms in total. The minimum atomic E-state index is -0.617. The molecule has 0 saturated heterocycles. The lowest BCUT2D eigenvalue weighted by Crippen LogP contribution is -2.29. The van der Waals surface area contributed by atoms with Crippen LogP contribution in [0.2, 0.25) is 0 Å². The van der Waals surface area contributed by atoms with E-state index < -0.39 is 6.04 Å². The minimum absolute atomic E-state index is 0.0813. The van der Waals surface area contributed by atoms with Gasteiger partial charge in [-0.25, -0.2) is 4.98 Å². The quantitative estimate of drug-likeness (QED) is 0.282. The second kappa shape index (κ2) is 9.43. The zero-order valence-corrected chi connectivity index (χ0v) is 20.1. The van der Waals surface area contributed by atoms with Gasteiger partial charge in [0.15, 0.2) is 10.6 Å². The van der Waals surface area contributed by atoms with Crippen molar-refractivity contribution in [2.24, 2.45) is 0 Å². The van der Waals surface area contributed by atoms with Crippen molar-refractivity contribution in [2.75, 3.05) is 11.5 Å². The van der Waals surface area contributed by atoms with Crippen molar-refractivity contribution < 1.29 is 13.9 Å². The summed E-state index contributed by atoms with van der Waals surface area (Å²) in [6.07, 6.45) is 6.22. The third-order valence-electron chi connectivity index (χ3n) is 6.11. The van der Waals surface area contributed by atoms with Crippen molar-refractivity contribution in [3.63, 3.8) is 0 Å². The average molecular weight is 475 g/mol. The number of aromatic nitrogens is 1. The molecule has 7 heteroatoms. The van der Waals surface area contributed by atoms with Crippen LogP contribution in [0.3, 0.4) is 0 Å². The van der Waals surface area contributed by atoms with E-state index in [0.717, 1.165) is 29.7 Å². The summed E-state index contributed by atoms with van der Waals surface area (Å²) >= 11 is 1.35. The molecule has 2 aromatic heterocycles. The lowest BCUT2D eigenvalue weighted by Gasteiger charge is -2.22. The van der Waals surface area contributed by atoms with Crippen LogP contribution in [0, 0.1) is 6.92 Å². The van der Waals surface area contributed by atoms with Gasteiger partial charge >= 0.3 is 0 Å². The van der Waals surface area contributed by atoms with Crippen molar-refractivity contribution in [3.8, 4) is 5.75 Å². The molecule has 0 N–H and O–H groups in total. The number of thiazole rings is 1. The van der Waals surface area contributed by atoms with E-state index in [1.54, 1.807) is 17.2 Å². The number of rotatable bonds is 8. The second-order valence-corrected chi connectivity index (χ2v) is 9.42. The minimum Gasteiger partial charge on any atom is -0.494 e. The first kappa shape index (κ1) is 22.3. The van der Waals surface area contributed by atoms with Crippen LogP contribution >= 0.6 is 11.3 Å². The Labute approximate surface area is 201 Å². The summed E-state index contributed by atoms with van der Waals surface area (Å²) in [4.78, 5) is 33.0. The lowest BCUT2D eigenvalue weighted by molar-refractivity contribution is 0.0971. The van der Waals surface area contributed by atoms with Gasteiger partial charge in [0.05, 0.1) is 23.6 Å². The molecule has 1 atom stereocenters. The summed E-state index contributed by atoms with van der Waals surface area (Å²) in [7, 11) is 0. The molecule has 0 fully saturated rings. The topological polar surface area (TPSA) is 72.6 Å². The number of benzene rings is 2. The van der Waals surface area contributed by atoms with Crippen LogP contribution in [0.1, 0.15) is 65.9 Å². The molecular formula is C27H26N2O4S. The summed E-state index contributed by atoms with van der Waals surface area (Å²) in [5, 5.41) is 2.81. The number of unbranched alkanes of at least 4 members (excludes halogenated alkanes) is 3. The largest absolute Gasteiger partial charge is 0.494 e. The molecule has 174 valence electrons. The van der Waals surface area contributed by atoms with Crippen molar-refractivity contribution in [3.05, 3.63) is 86.7 Å². The van der Waals surface area contributed by atoms with Crippen molar-refractivity contribution >= 4 is 33.3 Å². The van der Waals surface area contributed by atoms with Crippen molar-refractivity contribution in [2.45, 2.75) is 45.6 Å². The number of nitrogens with zero attached hydrogens (tertiary/aromatic N) is 2. The maximum absolute atomic E-state index is 13.6. The zero-order chi connectivity index (χ0) is 23.7. The Balaban J connectivity index is 1.55. The first-order chi connectivity index (χ1) is 16.6. The Morgan fingerprint density at radius 3 is 2.65 bits per heavy atom. The van der Waals surface area contributed by atoms with Gasteiger partial charge in [-0.3, -0.25) is 14.5 Å². The van der Waals surface area contributed by atoms with Crippen LogP contribution in [0.25, 0.3) is 11.0 Å². The number of carbonyl (C=O) groups is 1. The maximum atomic E-state index is 13.6. The summed E-state index contributed by atoms with van der Waals surface area (Å²) in [5.41, 5.74) is 2.34. The molecule has 1 aliphatic heterocycles. The molecule has 1 amide bonds. The Morgan fingerprint density at radius 1 is 1.09 bits per heavy atom. The van der Waals surface area contributed by atoms with E-state index in [9.17, 15) is 9.59 Å². The molecule has 5 rings (SSSR count). The highest BCUT2D eigenvalue weighted by atomic mass is 32.1. The number of fused-ring (bicyclic) bond motifs is 2. The lowest BCUT2D eigenvalue weighted by atomic mass is 9.98. The van der Waals surface area contributed by atoms with Gasteiger partial charge in [-0.1, -0.05) is 49.9 Å². The predicted octanol–water partition coefficient (Wildman–Crippen LogP) is 6.27. The Morgan fingerprint density at radius 2 is 1.91 bits per heavy atom. The molecule has 1 unspecified atom stereocenters. The molecular weight excluding hydrogens is 448 g/mol. The van der Waals surface area contributed by atoms with Gasteiger partial charge < -0.3 is 9.15 Å². The fraction of sp³-hybridized carbons (Fsp3) is 0.296. The summed E-state index contributed by atoms with van der Waals surface area (Å²) in [5.74, 6) is 0.496. The Kier molecular flexibility index (Phi) is 6.20. The van der Waals surface area contributed by atoms with E-state index in [-0.39, 0.29) is 17.1 Å². The van der Waals surface area contributed by atoms with E-state index in [0.29, 0.717) is 28.3 Å². The number of amides is 1. The number of anilines is 1. The van der Waals surface area contributed by atoms with Gasteiger partial charge in [-0.15, -0.1) is 11.3 Å². The number of hydrogen-bond acceptors (Lipinski definition) is 6. The highest BCUT2D eigenvalue weighted by Crippen LogP contribution is 2.42. The van der Waals surface area contributed by atoms with Crippen molar-refractivity contribution in [1.82, 2.24) is 4.98 Å². The summed E-state index contributed by atoms with van der Waals surface area (Å²) in [6, 6.07) is 12.4. The van der Waals surface area contributed by atoms with Gasteiger partial charge in [-0.05, 0) is 43.2 Å². The maximum Gasteiger partial charge on any atom is 0.297 e. The highest BCUT2D eigenvalue weighted by molar-refractivity contribution is 7.13. The Hall–Kier alpha value is -3.45. The second-order valence-electron chi connectivity index (χ2n) is 8.54. The number of ether oxygens (including phenoxy) is 1. The summed E-state index contributed by atoms with van der Waals surface area (Å²) < 4.78 is 11.9. The van der Waals surface area contributed by atoms with E-state index in [1.807, 2.05) is 48.7 Å². The molecule has 0 bridgehead atoms. The van der Waals surface area contributed by atoms with Crippen LogP contribution in [0.4, 0.5) is 5.13 Å². The van der Waals surface area contributed by atoms with Gasteiger partial charge in [0, 0.05) is 11.6 Å². The van der Waals surface area contributed by atoms with E-state index >= 15 is 0 Å². The van der Waals surface area contributed by atoms with Crippen LogP contribution in [0.5, 0.6) is 5.75 Å². The van der Waals surface area contributed by atoms with Crippen LogP contribution in [-0.2, 0) is 0 Å². The monoisotopic (exact) mass is 474 g/mol. The number of aryl methyl sites for hydroxylation is 1. The molecule has 3 heterocycles. The van der Waals surface area contributed by atoms with Gasteiger partial charge in [0.2, 0.25) is 5.76 Å².